The molecule has 0 unspecified atom stereocenters. The van der Waals surface area contributed by atoms with Gasteiger partial charge in [-0.2, -0.15) is 9.29 Å². The first-order chi connectivity index (χ1) is 12.6. The van der Waals surface area contributed by atoms with Crippen molar-refractivity contribution in [1.82, 2.24) is 14.4 Å². The molecule has 0 aliphatic carbocycles. The Hall–Kier alpha value is -2.07. The molecule has 1 fully saturated rings. The number of benzene rings is 1. The van der Waals surface area contributed by atoms with Crippen LogP contribution in [0.15, 0.2) is 45.1 Å². The number of hydrogen-bond donors (Lipinski definition) is 1. The molecule has 1 aliphatic heterocycles. The quantitative estimate of drug-likeness (QED) is 0.719. The van der Waals surface area contributed by atoms with Gasteiger partial charge in [0.2, 0.25) is 15.8 Å². The summed E-state index contributed by atoms with van der Waals surface area (Å²) >= 11 is 1.28. The van der Waals surface area contributed by atoms with Gasteiger partial charge in [0, 0.05) is 25.2 Å². The van der Waals surface area contributed by atoms with Crippen LogP contribution >= 0.6 is 11.3 Å². The first-order valence-corrected chi connectivity index (χ1v) is 10.6. The van der Waals surface area contributed by atoms with E-state index < -0.39 is 10.0 Å². The lowest BCUT2D eigenvalue weighted by molar-refractivity contribution is 0.431. The average molecular weight is 390 g/mol. The molecular weight excluding hydrogens is 372 g/mol. The Morgan fingerprint density at radius 1 is 1.15 bits per heavy atom. The number of aromatic nitrogens is 2. The standard InChI is InChI=1S/C17H18N4O3S2/c18-11-12-3-5-13(6-4-12)16-19-17(24-20-16)15-14(7-10-25-15)26(22,23)21-8-1-2-9-21/h3-7,10H,1-2,8-9,11,18H2. The minimum absolute atomic E-state index is 0.218. The molecule has 0 radical (unpaired) electrons. The van der Waals surface area contributed by atoms with Crippen LogP contribution in [0.3, 0.4) is 0 Å². The van der Waals surface area contributed by atoms with Crippen molar-refractivity contribution in [3.63, 3.8) is 0 Å². The van der Waals surface area contributed by atoms with Gasteiger partial charge >= 0.3 is 0 Å². The second kappa shape index (κ2) is 6.92. The van der Waals surface area contributed by atoms with E-state index in [0.29, 0.717) is 30.3 Å². The van der Waals surface area contributed by atoms with Gasteiger partial charge < -0.3 is 10.3 Å². The van der Waals surface area contributed by atoms with E-state index in [1.54, 1.807) is 11.4 Å². The van der Waals surface area contributed by atoms with Gasteiger partial charge in [-0.3, -0.25) is 0 Å². The SMILES string of the molecule is NCc1ccc(-c2noc(-c3sccc3S(=O)(=O)N3CCCC3)n2)cc1. The van der Waals surface area contributed by atoms with Crippen molar-refractivity contribution in [3.8, 4) is 22.2 Å². The lowest BCUT2D eigenvalue weighted by atomic mass is 10.1. The summed E-state index contributed by atoms with van der Waals surface area (Å²) in [6.07, 6.45) is 1.78. The predicted octanol–water partition coefficient (Wildman–Crippen LogP) is 2.71. The fourth-order valence-corrected chi connectivity index (χ4v) is 5.78. The Balaban J connectivity index is 1.67. The van der Waals surface area contributed by atoms with Gasteiger partial charge in [0.15, 0.2) is 0 Å². The molecule has 2 N–H and O–H groups in total. The number of hydrogen-bond acceptors (Lipinski definition) is 7. The van der Waals surface area contributed by atoms with E-state index in [4.69, 9.17) is 10.3 Å². The maximum absolute atomic E-state index is 12.9. The molecule has 0 spiro atoms. The summed E-state index contributed by atoms with van der Waals surface area (Å²) in [5.74, 6) is 0.636. The van der Waals surface area contributed by atoms with Gasteiger partial charge in [-0.25, -0.2) is 8.42 Å². The lowest BCUT2D eigenvalue weighted by Crippen LogP contribution is -2.27. The van der Waals surface area contributed by atoms with Crippen molar-refractivity contribution < 1.29 is 12.9 Å². The van der Waals surface area contributed by atoms with Crippen molar-refractivity contribution in [2.24, 2.45) is 5.73 Å². The number of nitrogens with two attached hydrogens (primary N) is 1. The van der Waals surface area contributed by atoms with Crippen LogP contribution in [0.1, 0.15) is 18.4 Å². The molecule has 0 atom stereocenters. The van der Waals surface area contributed by atoms with Gasteiger partial charge in [0.25, 0.3) is 5.89 Å². The molecule has 136 valence electrons. The highest BCUT2D eigenvalue weighted by Crippen LogP contribution is 2.35. The molecule has 1 saturated heterocycles. The summed E-state index contributed by atoms with van der Waals surface area (Å²) in [6.45, 7) is 1.57. The summed E-state index contributed by atoms with van der Waals surface area (Å²) in [6, 6.07) is 9.15. The first-order valence-electron chi connectivity index (χ1n) is 8.31. The Kier molecular flexibility index (Phi) is 4.62. The molecule has 7 nitrogen and oxygen atoms in total. The number of sulfonamides is 1. The average Bonchev–Trinajstić information content (AvgIpc) is 3.42. The zero-order chi connectivity index (χ0) is 18.1. The Bertz CT molecular complexity index is 1000. The van der Waals surface area contributed by atoms with E-state index in [1.807, 2.05) is 24.3 Å². The smallest absolute Gasteiger partial charge is 0.269 e. The van der Waals surface area contributed by atoms with E-state index in [2.05, 4.69) is 10.1 Å². The van der Waals surface area contributed by atoms with Crippen molar-refractivity contribution in [1.29, 1.82) is 0 Å². The molecule has 3 aromatic rings. The van der Waals surface area contributed by atoms with Gasteiger partial charge in [0.1, 0.15) is 9.77 Å². The highest BCUT2D eigenvalue weighted by Gasteiger charge is 2.31. The number of thiophene rings is 1. The van der Waals surface area contributed by atoms with E-state index in [9.17, 15) is 8.42 Å². The molecule has 0 saturated carbocycles. The molecular formula is C17H18N4O3S2. The largest absolute Gasteiger partial charge is 0.333 e. The van der Waals surface area contributed by atoms with Crippen molar-refractivity contribution in [3.05, 3.63) is 41.3 Å². The van der Waals surface area contributed by atoms with Crippen LogP contribution < -0.4 is 5.73 Å². The van der Waals surface area contributed by atoms with Gasteiger partial charge in [0.05, 0.1) is 0 Å². The Labute approximate surface area is 155 Å². The molecule has 9 heteroatoms. The third-order valence-corrected chi connectivity index (χ3v) is 7.35. The summed E-state index contributed by atoms with van der Waals surface area (Å²) in [5.41, 5.74) is 7.41. The number of rotatable bonds is 5. The molecule has 4 rings (SSSR count). The maximum Gasteiger partial charge on any atom is 0.269 e. The van der Waals surface area contributed by atoms with Crippen molar-refractivity contribution in [2.75, 3.05) is 13.1 Å². The molecule has 1 aliphatic rings. The maximum atomic E-state index is 12.9. The third-order valence-electron chi connectivity index (χ3n) is 4.38. The predicted molar refractivity (Wildman–Crippen MR) is 98.9 cm³/mol. The Morgan fingerprint density at radius 2 is 1.88 bits per heavy atom. The van der Waals surface area contributed by atoms with Gasteiger partial charge in [-0.15, -0.1) is 11.3 Å². The van der Waals surface area contributed by atoms with Crippen molar-refractivity contribution in [2.45, 2.75) is 24.3 Å². The van der Waals surface area contributed by atoms with Crippen LogP contribution in [0, 0.1) is 0 Å². The summed E-state index contributed by atoms with van der Waals surface area (Å²) in [4.78, 5) is 5.11. The molecule has 2 aromatic heterocycles. The highest BCUT2D eigenvalue weighted by atomic mass is 32.2. The molecule has 3 heterocycles. The molecule has 1 aromatic carbocycles. The monoisotopic (exact) mass is 390 g/mol. The van der Waals surface area contributed by atoms with Crippen molar-refractivity contribution >= 4 is 21.4 Å². The van der Waals surface area contributed by atoms with Crippen LogP contribution in [0.4, 0.5) is 0 Å². The summed E-state index contributed by atoms with van der Waals surface area (Å²) in [5, 5.41) is 5.73. The van der Waals surface area contributed by atoms with Gasteiger partial charge in [-0.05, 0) is 29.9 Å². The van der Waals surface area contributed by atoms with E-state index >= 15 is 0 Å². The second-order valence-electron chi connectivity index (χ2n) is 6.05. The molecule has 26 heavy (non-hydrogen) atoms. The first kappa shape index (κ1) is 17.3. The molecule has 0 amide bonds. The summed E-state index contributed by atoms with van der Waals surface area (Å²) < 4.78 is 32.6. The summed E-state index contributed by atoms with van der Waals surface area (Å²) in [7, 11) is -3.54. The second-order valence-corrected chi connectivity index (χ2v) is 8.87. The fraction of sp³-hybridized carbons (Fsp3) is 0.294. The van der Waals surface area contributed by atoms with Crippen LogP contribution in [0.5, 0.6) is 0 Å². The third kappa shape index (κ3) is 3.07. The fourth-order valence-electron chi connectivity index (χ4n) is 2.95. The zero-order valence-corrected chi connectivity index (χ0v) is 15.6. The topological polar surface area (TPSA) is 102 Å². The lowest BCUT2D eigenvalue weighted by Gasteiger charge is -2.14. The van der Waals surface area contributed by atoms with Crippen LogP contribution in [-0.2, 0) is 16.6 Å². The normalized spacial score (nSPS) is 15.6. The van der Waals surface area contributed by atoms with Gasteiger partial charge in [-0.1, -0.05) is 29.4 Å². The van der Waals surface area contributed by atoms with Crippen LogP contribution in [0.2, 0.25) is 0 Å². The minimum Gasteiger partial charge on any atom is -0.333 e. The van der Waals surface area contributed by atoms with Crippen LogP contribution in [-0.4, -0.2) is 36.0 Å². The minimum atomic E-state index is -3.54. The Morgan fingerprint density at radius 3 is 2.58 bits per heavy atom. The zero-order valence-electron chi connectivity index (χ0n) is 14.0. The molecule has 0 bridgehead atoms. The van der Waals surface area contributed by atoms with Crippen LogP contribution in [0.25, 0.3) is 22.2 Å². The number of nitrogens with zero attached hydrogens (tertiary/aromatic N) is 3. The van der Waals surface area contributed by atoms with E-state index in [1.165, 1.54) is 15.6 Å². The highest BCUT2D eigenvalue weighted by molar-refractivity contribution is 7.89. The van der Waals surface area contributed by atoms with E-state index in [0.717, 1.165) is 24.0 Å². The van der Waals surface area contributed by atoms with E-state index in [-0.39, 0.29) is 10.8 Å².